The van der Waals surface area contributed by atoms with E-state index in [-0.39, 0.29) is 6.04 Å². The summed E-state index contributed by atoms with van der Waals surface area (Å²) >= 11 is 0. The minimum Gasteiger partial charge on any atom is -0.497 e. The van der Waals surface area contributed by atoms with Gasteiger partial charge in [0.25, 0.3) is 0 Å². The molecule has 26 heavy (non-hydrogen) atoms. The van der Waals surface area contributed by atoms with Crippen molar-refractivity contribution in [1.29, 1.82) is 0 Å². The first-order valence-corrected chi connectivity index (χ1v) is 8.28. The zero-order valence-corrected chi connectivity index (χ0v) is 14.6. The maximum absolute atomic E-state index is 5.95. The second-order valence-corrected chi connectivity index (χ2v) is 6.05. The summed E-state index contributed by atoms with van der Waals surface area (Å²) in [5.74, 6) is 1.84. The van der Waals surface area contributed by atoms with Crippen molar-refractivity contribution in [3.8, 4) is 11.5 Å². The first kappa shape index (κ1) is 16.4. The van der Waals surface area contributed by atoms with Crippen LogP contribution in [0.2, 0.25) is 0 Å². The summed E-state index contributed by atoms with van der Waals surface area (Å²) in [4.78, 5) is 5.75. The monoisotopic (exact) mass is 352 g/mol. The average Bonchev–Trinajstić information content (AvgIpc) is 3.25. The zero-order valence-electron chi connectivity index (χ0n) is 14.6. The van der Waals surface area contributed by atoms with E-state index in [1.807, 2.05) is 53.6 Å². The van der Waals surface area contributed by atoms with Crippen molar-refractivity contribution in [2.75, 3.05) is 14.2 Å². The summed E-state index contributed by atoms with van der Waals surface area (Å²) in [5, 5.41) is 2.86. The standard InChI is InChI=1S/C20H20N2O4/c1-23-14-8-7-13(19(9-14)24-2)11-22-17(10-20(21)26-22)16-12-25-18-6-4-3-5-15(16)18/h3-10,12,17H,11,21H2,1-2H3. The fraction of sp³-hybridized carbons (Fsp3) is 0.200. The lowest BCUT2D eigenvalue weighted by atomic mass is 10.0. The SMILES string of the molecule is COc1ccc(CN2OC(N)=CC2c2coc3ccccc23)c(OC)c1. The van der Waals surface area contributed by atoms with Gasteiger partial charge in [-0.15, -0.1) is 5.06 Å². The molecular formula is C20H20N2O4. The molecule has 6 nitrogen and oxygen atoms in total. The number of hydroxylamine groups is 2. The summed E-state index contributed by atoms with van der Waals surface area (Å²) in [6, 6.07) is 13.5. The summed E-state index contributed by atoms with van der Waals surface area (Å²) in [6.07, 6.45) is 3.64. The number of nitrogens with two attached hydrogens (primary N) is 1. The molecule has 134 valence electrons. The number of methoxy groups -OCH3 is 2. The Balaban J connectivity index is 1.66. The highest BCUT2D eigenvalue weighted by molar-refractivity contribution is 5.81. The van der Waals surface area contributed by atoms with Crippen LogP contribution >= 0.6 is 0 Å². The molecule has 3 aromatic rings. The van der Waals surface area contributed by atoms with Gasteiger partial charge >= 0.3 is 0 Å². The van der Waals surface area contributed by atoms with Crippen LogP contribution in [0.25, 0.3) is 11.0 Å². The number of fused-ring (bicyclic) bond motifs is 1. The second-order valence-electron chi connectivity index (χ2n) is 6.05. The van der Waals surface area contributed by atoms with Crippen molar-refractivity contribution in [2.24, 2.45) is 5.73 Å². The fourth-order valence-electron chi connectivity index (χ4n) is 3.21. The summed E-state index contributed by atoms with van der Waals surface area (Å²) in [7, 11) is 3.26. The van der Waals surface area contributed by atoms with Gasteiger partial charge in [0.05, 0.1) is 33.1 Å². The number of para-hydroxylation sites is 1. The van der Waals surface area contributed by atoms with Gasteiger partial charge in [-0.2, -0.15) is 0 Å². The van der Waals surface area contributed by atoms with Crippen molar-refractivity contribution in [3.05, 3.63) is 71.8 Å². The van der Waals surface area contributed by atoms with Gasteiger partial charge in [0.15, 0.2) is 0 Å². The van der Waals surface area contributed by atoms with Crippen LogP contribution in [0.5, 0.6) is 11.5 Å². The molecular weight excluding hydrogens is 332 g/mol. The highest BCUT2D eigenvalue weighted by atomic mass is 16.7. The topological polar surface area (TPSA) is 70.1 Å². The zero-order chi connectivity index (χ0) is 18.1. The lowest BCUT2D eigenvalue weighted by molar-refractivity contribution is -0.128. The predicted octanol–water partition coefficient (Wildman–Crippen LogP) is 3.74. The summed E-state index contributed by atoms with van der Waals surface area (Å²) < 4.78 is 16.4. The Labute approximate surface area is 151 Å². The van der Waals surface area contributed by atoms with Gasteiger partial charge in [-0.25, -0.2) is 0 Å². The van der Waals surface area contributed by atoms with E-state index in [9.17, 15) is 0 Å². The van der Waals surface area contributed by atoms with Gasteiger partial charge in [0, 0.05) is 28.7 Å². The Morgan fingerprint density at radius 1 is 1.12 bits per heavy atom. The van der Waals surface area contributed by atoms with Crippen LogP contribution in [0.1, 0.15) is 17.2 Å². The van der Waals surface area contributed by atoms with Crippen molar-refractivity contribution in [1.82, 2.24) is 5.06 Å². The first-order valence-electron chi connectivity index (χ1n) is 8.28. The predicted molar refractivity (Wildman–Crippen MR) is 97.4 cm³/mol. The minimum atomic E-state index is -0.148. The normalized spacial score (nSPS) is 17.2. The minimum absolute atomic E-state index is 0.148. The smallest absolute Gasteiger partial charge is 0.207 e. The van der Waals surface area contributed by atoms with Gasteiger partial charge < -0.3 is 24.5 Å². The van der Waals surface area contributed by atoms with E-state index in [2.05, 4.69) is 0 Å². The lowest BCUT2D eigenvalue weighted by Crippen LogP contribution is -2.23. The van der Waals surface area contributed by atoms with Crippen LogP contribution in [-0.2, 0) is 11.4 Å². The van der Waals surface area contributed by atoms with Gasteiger partial charge in [-0.05, 0) is 12.1 Å². The van der Waals surface area contributed by atoms with E-state index in [0.29, 0.717) is 12.4 Å². The highest BCUT2D eigenvalue weighted by Crippen LogP contribution is 2.37. The molecule has 0 saturated heterocycles. The number of benzene rings is 2. The number of ether oxygens (including phenoxy) is 2. The first-order chi connectivity index (χ1) is 12.7. The molecule has 1 aliphatic heterocycles. The molecule has 2 heterocycles. The molecule has 1 unspecified atom stereocenters. The van der Waals surface area contributed by atoms with Crippen LogP contribution in [-0.4, -0.2) is 19.3 Å². The van der Waals surface area contributed by atoms with Crippen molar-refractivity contribution >= 4 is 11.0 Å². The Kier molecular flexibility index (Phi) is 4.18. The maximum Gasteiger partial charge on any atom is 0.207 e. The van der Waals surface area contributed by atoms with Crippen LogP contribution in [0, 0.1) is 0 Å². The molecule has 0 saturated carbocycles. The third kappa shape index (κ3) is 2.84. The molecule has 1 aromatic heterocycles. The van der Waals surface area contributed by atoms with Crippen LogP contribution in [0.15, 0.2) is 65.1 Å². The maximum atomic E-state index is 5.95. The molecule has 0 spiro atoms. The average molecular weight is 352 g/mol. The number of rotatable bonds is 5. The molecule has 2 aromatic carbocycles. The lowest BCUT2D eigenvalue weighted by Gasteiger charge is -2.23. The quantitative estimate of drug-likeness (QED) is 0.754. The summed E-state index contributed by atoms with van der Waals surface area (Å²) in [5.41, 5.74) is 8.76. The molecule has 0 amide bonds. The Morgan fingerprint density at radius 3 is 2.77 bits per heavy atom. The third-order valence-corrected chi connectivity index (χ3v) is 4.51. The summed E-state index contributed by atoms with van der Waals surface area (Å²) in [6.45, 7) is 0.495. The van der Waals surface area contributed by atoms with E-state index < -0.39 is 0 Å². The molecule has 1 aliphatic rings. The second kappa shape index (κ2) is 6.65. The van der Waals surface area contributed by atoms with Crippen molar-refractivity contribution < 1.29 is 18.7 Å². The Morgan fingerprint density at radius 2 is 1.96 bits per heavy atom. The van der Waals surface area contributed by atoms with Crippen LogP contribution in [0.3, 0.4) is 0 Å². The third-order valence-electron chi connectivity index (χ3n) is 4.51. The number of furan rings is 1. The molecule has 4 rings (SSSR count). The van der Waals surface area contributed by atoms with Crippen molar-refractivity contribution in [2.45, 2.75) is 12.6 Å². The van der Waals surface area contributed by atoms with Gasteiger partial charge in [0.2, 0.25) is 5.88 Å². The van der Waals surface area contributed by atoms with Crippen molar-refractivity contribution in [3.63, 3.8) is 0 Å². The number of hydrogen-bond acceptors (Lipinski definition) is 6. The molecule has 0 radical (unpaired) electrons. The molecule has 2 N–H and O–H groups in total. The Bertz CT molecular complexity index is 963. The van der Waals surface area contributed by atoms with Crippen LogP contribution in [0.4, 0.5) is 0 Å². The number of hydrogen-bond donors (Lipinski definition) is 1. The van der Waals surface area contributed by atoms with E-state index in [1.165, 1.54) is 0 Å². The largest absolute Gasteiger partial charge is 0.497 e. The van der Waals surface area contributed by atoms with E-state index in [1.54, 1.807) is 20.5 Å². The van der Waals surface area contributed by atoms with E-state index >= 15 is 0 Å². The molecule has 0 bridgehead atoms. The Hall–Kier alpha value is -3.12. The number of nitrogens with zero attached hydrogens (tertiary/aromatic N) is 1. The molecule has 6 heteroatoms. The van der Waals surface area contributed by atoms with E-state index in [4.69, 9.17) is 24.5 Å². The van der Waals surface area contributed by atoms with Gasteiger partial charge in [0.1, 0.15) is 17.1 Å². The molecule has 0 aliphatic carbocycles. The van der Waals surface area contributed by atoms with Gasteiger partial charge in [-0.1, -0.05) is 24.3 Å². The van der Waals surface area contributed by atoms with Crippen LogP contribution < -0.4 is 15.2 Å². The molecule has 1 atom stereocenters. The molecule has 0 fully saturated rings. The van der Waals surface area contributed by atoms with E-state index in [0.717, 1.165) is 33.6 Å². The highest BCUT2D eigenvalue weighted by Gasteiger charge is 2.30. The fourth-order valence-corrected chi connectivity index (χ4v) is 3.21. The van der Waals surface area contributed by atoms with Gasteiger partial charge in [-0.3, -0.25) is 0 Å².